The summed E-state index contributed by atoms with van der Waals surface area (Å²) in [6, 6.07) is 24.4. The summed E-state index contributed by atoms with van der Waals surface area (Å²) in [6.07, 6.45) is 7.25. The number of hydrogen-bond donors (Lipinski definition) is 1. The molecule has 2 unspecified atom stereocenters. The van der Waals surface area contributed by atoms with E-state index >= 15 is 0 Å². The van der Waals surface area contributed by atoms with Gasteiger partial charge < -0.3 is 0 Å². The molecule has 2 atom stereocenters. The van der Waals surface area contributed by atoms with Crippen molar-refractivity contribution in [1.29, 1.82) is 0 Å². The number of rotatable bonds is 10. The highest BCUT2D eigenvalue weighted by atomic mass is 32.2. The van der Waals surface area contributed by atoms with Gasteiger partial charge in [0.2, 0.25) is 23.6 Å². The van der Waals surface area contributed by atoms with Gasteiger partial charge in [-0.05, 0) is 42.0 Å². The Hall–Kier alpha value is -5.34. The molecular formula is C35H30N8O4S2. The molecule has 4 amide bonds. The summed E-state index contributed by atoms with van der Waals surface area (Å²) >= 11 is 2.76. The number of nitrogens with one attached hydrogen (secondary N) is 1. The van der Waals surface area contributed by atoms with Gasteiger partial charge in [-0.15, -0.1) is 0 Å². The number of pyridine rings is 2. The first-order valence-corrected chi connectivity index (χ1v) is 17.4. The van der Waals surface area contributed by atoms with E-state index in [9.17, 15) is 19.2 Å². The standard InChI is InChI=1S/C21H18N4O2S.C14H12N4O2S/c26-19-12-16(20(27)25(19)13-15-6-2-1-3-7-15)14-28-21-23-11-9-18(24-21)17-8-4-5-10-22-17;19-12-7-9(13(20)18-12)8-21-14-16-6-4-11(17-14)10-3-1-2-5-15-10/h1-11,16H,12-14H2;1-6,9H,7-8H2,(H,18,19,20). The number of aromatic nitrogens is 6. The molecule has 0 aliphatic carbocycles. The summed E-state index contributed by atoms with van der Waals surface area (Å²) in [6.45, 7) is 0.325. The number of imide groups is 2. The molecule has 2 saturated heterocycles. The summed E-state index contributed by atoms with van der Waals surface area (Å²) in [7, 11) is 0. The zero-order valence-electron chi connectivity index (χ0n) is 26.1. The molecule has 4 aromatic heterocycles. The van der Waals surface area contributed by atoms with Crippen LogP contribution in [-0.4, -0.2) is 69.9 Å². The highest BCUT2D eigenvalue weighted by molar-refractivity contribution is 7.99. The second-order valence-corrected chi connectivity index (χ2v) is 13.0. The fraction of sp³-hybridized carbons (Fsp3) is 0.200. The Morgan fingerprint density at radius 3 is 1.71 bits per heavy atom. The van der Waals surface area contributed by atoms with Crippen molar-refractivity contribution >= 4 is 47.2 Å². The minimum Gasteiger partial charge on any atom is -0.296 e. The lowest BCUT2D eigenvalue weighted by atomic mass is 10.1. The molecule has 2 aliphatic rings. The number of likely N-dealkylation sites (tertiary alicyclic amines) is 1. The van der Waals surface area contributed by atoms with Gasteiger partial charge in [-0.25, -0.2) is 19.9 Å². The summed E-state index contributed by atoms with van der Waals surface area (Å²) in [5.41, 5.74) is 3.96. The second kappa shape index (κ2) is 16.2. The molecule has 14 heteroatoms. The molecule has 1 aromatic carbocycles. The Bertz CT molecular complexity index is 1940. The average Bonchev–Trinajstić information content (AvgIpc) is 3.62. The SMILES string of the molecule is O=C1CC(CSc2nccc(-c3ccccn3)n2)C(=O)N1.O=C1CC(CSc2nccc(-c3ccccn3)n2)C(=O)N1Cc1ccccc1. The Labute approximate surface area is 290 Å². The third kappa shape index (κ3) is 8.97. The number of nitrogens with zero attached hydrogens (tertiary/aromatic N) is 7. The minimum atomic E-state index is -0.344. The third-order valence-corrected chi connectivity index (χ3v) is 9.58. The molecule has 0 radical (unpaired) electrons. The van der Waals surface area contributed by atoms with Crippen LogP contribution in [0.25, 0.3) is 22.8 Å². The molecule has 1 N–H and O–H groups in total. The largest absolute Gasteiger partial charge is 0.296 e. The normalized spacial score (nSPS) is 17.1. The van der Waals surface area contributed by atoms with Gasteiger partial charge in [0.15, 0.2) is 10.3 Å². The van der Waals surface area contributed by atoms with Crippen LogP contribution in [0.4, 0.5) is 0 Å². The van der Waals surface area contributed by atoms with Crippen molar-refractivity contribution in [1.82, 2.24) is 40.1 Å². The molecule has 2 aliphatic heterocycles. The molecule has 0 saturated carbocycles. The molecule has 0 bridgehead atoms. The molecule has 246 valence electrons. The van der Waals surface area contributed by atoms with Crippen molar-refractivity contribution in [2.24, 2.45) is 11.8 Å². The van der Waals surface area contributed by atoms with Gasteiger partial charge in [-0.3, -0.25) is 39.4 Å². The fourth-order valence-electron chi connectivity index (χ4n) is 5.04. The van der Waals surface area contributed by atoms with Crippen molar-refractivity contribution in [3.63, 3.8) is 0 Å². The number of thioether (sulfide) groups is 2. The first-order chi connectivity index (χ1) is 23.9. The molecular weight excluding hydrogens is 661 g/mol. The van der Waals surface area contributed by atoms with Crippen molar-refractivity contribution in [3.8, 4) is 22.8 Å². The van der Waals surface area contributed by atoms with E-state index in [4.69, 9.17) is 0 Å². The lowest BCUT2D eigenvalue weighted by molar-refractivity contribution is -0.140. The van der Waals surface area contributed by atoms with E-state index in [-0.39, 0.29) is 48.3 Å². The van der Waals surface area contributed by atoms with E-state index in [2.05, 4.69) is 35.2 Å². The van der Waals surface area contributed by atoms with Crippen LogP contribution in [0.5, 0.6) is 0 Å². The Morgan fingerprint density at radius 1 is 0.612 bits per heavy atom. The maximum Gasteiger partial charge on any atom is 0.233 e. The Balaban J connectivity index is 0.000000177. The summed E-state index contributed by atoms with van der Waals surface area (Å²) in [5.74, 6) is -0.356. The summed E-state index contributed by atoms with van der Waals surface area (Å²) in [4.78, 5) is 74.9. The van der Waals surface area contributed by atoms with E-state index in [0.717, 1.165) is 28.3 Å². The molecule has 2 fully saturated rings. The van der Waals surface area contributed by atoms with Crippen LogP contribution < -0.4 is 5.32 Å². The van der Waals surface area contributed by atoms with Gasteiger partial charge in [0.05, 0.1) is 41.2 Å². The van der Waals surface area contributed by atoms with Gasteiger partial charge in [0.25, 0.3) is 0 Å². The second-order valence-electron chi connectivity index (χ2n) is 11.0. The molecule has 0 spiro atoms. The molecule has 12 nitrogen and oxygen atoms in total. The Morgan fingerprint density at radius 2 is 1.18 bits per heavy atom. The van der Waals surface area contributed by atoms with Gasteiger partial charge in [0, 0.05) is 49.1 Å². The van der Waals surface area contributed by atoms with Gasteiger partial charge in [-0.2, -0.15) is 0 Å². The molecule has 7 rings (SSSR count). The molecule has 6 heterocycles. The molecule has 49 heavy (non-hydrogen) atoms. The summed E-state index contributed by atoms with van der Waals surface area (Å²) < 4.78 is 0. The predicted octanol–water partition coefficient (Wildman–Crippen LogP) is 4.50. The van der Waals surface area contributed by atoms with Crippen molar-refractivity contribution < 1.29 is 19.2 Å². The highest BCUT2D eigenvalue weighted by Gasteiger charge is 2.38. The van der Waals surface area contributed by atoms with Crippen LogP contribution >= 0.6 is 23.5 Å². The first kappa shape index (κ1) is 33.6. The lowest BCUT2D eigenvalue weighted by Gasteiger charge is -2.14. The quantitative estimate of drug-likeness (QED) is 0.124. The van der Waals surface area contributed by atoms with Gasteiger partial charge >= 0.3 is 0 Å². The van der Waals surface area contributed by atoms with Gasteiger partial charge in [0.1, 0.15) is 0 Å². The first-order valence-electron chi connectivity index (χ1n) is 15.4. The average molecular weight is 691 g/mol. The van der Waals surface area contributed by atoms with Crippen molar-refractivity contribution in [3.05, 3.63) is 109 Å². The number of carbonyl (C=O) groups excluding carboxylic acids is 4. The zero-order chi connectivity index (χ0) is 34.0. The van der Waals surface area contributed by atoms with Crippen LogP contribution in [0.15, 0.2) is 114 Å². The third-order valence-electron chi connectivity index (χ3n) is 7.53. The number of amides is 4. The lowest BCUT2D eigenvalue weighted by Crippen LogP contribution is -2.30. The van der Waals surface area contributed by atoms with E-state index in [1.54, 1.807) is 36.9 Å². The maximum atomic E-state index is 12.7. The van der Waals surface area contributed by atoms with Crippen LogP contribution in [0.1, 0.15) is 18.4 Å². The number of hydrogen-bond acceptors (Lipinski definition) is 12. The van der Waals surface area contributed by atoms with E-state index in [0.29, 0.717) is 28.4 Å². The number of carbonyl (C=O) groups is 4. The smallest absolute Gasteiger partial charge is 0.233 e. The van der Waals surface area contributed by atoms with Gasteiger partial charge in [-0.1, -0.05) is 66.0 Å². The Kier molecular flexibility index (Phi) is 11.1. The van der Waals surface area contributed by atoms with Crippen molar-refractivity contribution in [2.45, 2.75) is 29.7 Å². The fourth-order valence-corrected chi connectivity index (χ4v) is 6.87. The summed E-state index contributed by atoms with van der Waals surface area (Å²) in [5, 5.41) is 3.45. The van der Waals surface area contributed by atoms with E-state index < -0.39 is 0 Å². The van der Waals surface area contributed by atoms with Crippen LogP contribution in [0.3, 0.4) is 0 Å². The molecule has 5 aromatic rings. The van der Waals surface area contributed by atoms with Crippen molar-refractivity contribution in [2.75, 3.05) is 11.5 Å². The monoisotopic (exact) mass is 690 g/mol. The predicted molar refractivity (Wildman–Crippen MR) is 183 cm³/mol. The topological polar surface area (TPSA) is 161 Å². The maximum absolute atomic E-state index is 12.7. The highest BCUT2D eigenvalue weighted by Crippen LogP contribution is 2.28. The van der Waals surface area contributed by atoms with E-state index in [1.807, 2.05) is 66.7 Å². The van der Waals surface area contributed by atoms with E-state index in [1.165, 1.54) is 28.4 Å². The van der Waals surface area contributed by atoms with Crippen LogP contribution in [0.2, 0.25) is 0 Å². The number of benzene rings is 1. The van der Waals surface area contributed by atoms with Crippen LogP contribution in [0, 0.1) is 11.8 Å². The zero-order valence-corrected chi connectivity index (χ0v) is 27.7. The van der Waals surface area contributed by atoms with Crippen LogP contribution in [-0.2, 0) is 25.7 Å². The minimum absolute atomic E-state index is 0.123.